The lowest BCUT2D eigenvalue weighted by molar-refractivity contribution is 0.518. The van der Waals surface area contributed by atoms with Crippen LogP contribution in [0.1, 0.15) is 16.2 Å². The summed E-state index contributed by atoms with van der Waals surface area (Å²) < 4.78 is 32.0. The van der Waals surface area contributed by atoms with E-state index in [1.54, 1.807) is 23.7 Å². The highest BCUT2D eigenvalue weighted by atomic mass is 35.5. The Hall–Kier alpha value is -1.65. The van der Waals surface area contributed by atoms with Crippen molar-refractivity contribution < 1.29 is 12.8 Å². The van der Waals surface area contributed by atoms with Crippen LogP contribution in [0.3, 0.4) is 0 Å². The van der Waals surface area contributed by atoms with E-state index in [0.29, 0.717) is 18.1 Å². The number of hydrogen-bond acceptors (Lipinski definition) is 7. The highest BCUT2D eigenvalue weighted by Gasteiger charge is 2.19. The van der Waals surface area contributed by atoms with E-state index in [2.05, 4.69) is 15.0 Å². The predicted molar refractivity (Wildman–Crippen MR) is 110 cm³/mol. The van der Waals surface area contributed by atoms with Crippen molar-refractivity contribution in [1.29, 1.82) is 0 Å². The molecule has 7 nitrogen and oxygen atoms in total. The first-order valence-corrected chi connectivity index (χ1v) is 11.2. The number of furan rings is 1. The number of hydrogen-bond donors (Lipinski definition) is 3. The SMILES string of the molecule is CNS(=O)(=O)CC(N)Cc1sc2c(NCc3ccco3)cc(Cl)nc2c1C. The van der Waals surface area contributed by atoms with Gasteiger partial charge in [0.25, 0.3) is 0 Å². The number of nitrogens with one attached hydrogen (secondary N) is 2. The number of fused-ring (bicyclic) bond motifs is 1. The topological polar surface area (TPSA) is 110 Å². The van der Waals surface area contributed by atoms with Crippen LogP contribution in [0.25, 0.3) is 10.2 Å². The Balaban J connectivity index is 1.87. The smallest absolute Gasteiger partial charge is 0.212 e. The van der Waals surface area contributed by atoms with Gasteiger partial charge in [-0.15, -0.1) is 11.3 Å². The second-order valence-electron chi connectivity index (χ2n) is 6.20. The number of rotatable bonds is 8. The van der Waals surface area contributed by atoms with Gasteiger partial charge in [-0.2, -0.15) is 0 Å². The highest BCUT2D eigenvalue weighted by Crippen LogP contribution is 2.37. The highest BCUT2D eigenvalue weighted by molar-refractivity contribution is 7.89. The number of anilines is 1. The van der Waals surface area contributed by atoms with E-state index in [0.717, 1.165) is 32.1 Å². The van der Waals surface area contributed by atoms with E-state index in [1.165, 1.54) is 7.05 Å². The summed E-state index contributed by atoms with van der Waals surface area (Å²) in [6, 6.07) is 4.99. The molecule has 0 saturated carbocycles. The quantitative estimate of drug-likeness (QED) is 0.476. The van der Waals surface area contributed by atoms with Gasteiger partial charge in [-0.25, -0.2) is 18.1 Å². The van der Waals surface area contributed by atoms with Crippen molar-refractivity contribution in [3.63, 3.8) is 0 Å². The van der Waals surface area contributed by atoms with Crippen molar-refractivity contribution in [1.82, 2.24) is 9.71 Å². The lowest BCUT2D eigenvalue weighted by Crippen LogP contribution is -2.36. The predicted octanol–water partition coefficient (Wildman–Crippen LogP) is 2.88. The van der Waals surface area contributed by atoms with Gasteiger partial charge in [0.2, 0.25) is 10.0 Å². The van der Waals surface area contributed by atoms with Crippen LogP contribution < -0.4 is 15.8 Å². The first-order chi connectivity index (χ1) is 12.8. The zero-order valence-corrected chi connectivity index (χ0v) is 17.3. The summed E-state index contributed by atoms with van der Waals surface area (Å²) in [5, 5.41) is 3.72. The number of thiophene rings is 1. The maximum atomic E-state index is 11.7. The molecule has 3 rings (SSSR count). The number of pyridine rings is 1. The van der Waals surface area contributed by atoms with Crippen LogP contribution in [0.5, 0.6) is 0 Å². The fraction of sp³-hybridized carbons (Fsp3) is 0.353. The van der Waals surface area contributed by atoms with E-state index in [-0.39, 0.29) is 5.75 Å². The molecule has 1 unspecified atom stereocenters. The van der Waals surface area contributed by atoms with Gasteiger partial charge in [0, 0.05) is 17.0 Å². The maximum absolute atomic E-state index is 11.7. The number of halogens is 1. The van der Waals surface area contributed by atoms with E-state index in [4.69, 9.17) is 21.8 Å². The van der Waals surface area contributed by atoms with Gasteiger partial charge < -0.3 is 15.5 Å². The van der Waals surface area contributed by atoms with Crippen molar-refractivity contribution in [2.75, 3.05) is 18.1 Å². The Morgan fingerprint density at radius 2 is 2.22 bits per heavy atom. The summed E-state index contributed by atoms with van der Waals surface area (Å²) in [5.74, 6) is 0.679. The van der Waals surface area contributed by atoms with Crippen LogP contribution >= 0.6 is 22.9 Å². The average molecular weight is 429 g/mol. The molecule has 3 heterocycles. The molecule has 0 aliphatic heterocycles. The maximum Gasteiger partial charge on any atom is 0.212 e. The molecule has 3 aromatic heterocycles. The van der Waals surface area contributed by atoms with Gasteiger partial charge in [0.05, 0.1) is 34.5 Å². The molecular formula is C17H21ClN4O3S2. The standard InChI is InChI=1S/C17H21ClN4O3S2/c1-10-14(6-11(19)9-27(23,24)20-2)26-17-13(7-15(18)22-16(10)17)21-8-12-4-3-5-25-12/h3-5,7,11,20H,6,8-9,19H2,1-2H3,(H,21,22). The third kappa shape index (κ3) is 4.80. The molecule has 0 radical (unpaired) electrons. The number of aromatic nitrogens is 1. The van der Waals surface area contributed by atoms with E-state index >= 15 is 0 Å². The minimum atomic E-state index is -3.36. The fourth-order valence-electron chi connectivity index (χ4n) is 2.78. The summed E-state index contributed by atoms with van der Waals surface area (Å²) >= 11 is 7.74. The van der Waals surface area contributed by atoms with Crippen LogP contribution in [-0.2, 0) is 23.0 Å². The molecule has 0 aromatic carbocycles. The Labute approximate surface area is 167 Å². The zero-order valence-electron chi connectivity index (χ0n) is 15.0. The van der Waals surface area contributed by atoms with Gasteiger partial charge in [0.1, 0.15) is 10.9 Å². The molecule has 0 aliphatic carbocycles. The van der Waals surface area contributed by atoms with Crippen LogP contribution in [0.2, 0.25) is 5.15 Å². The normalized spacial score (nSPS) is 13.2. The van der Waals surface area contributed by atoms with Crippen molar-refractivity contribution in [2.45, 2.75) is 25.9 Å². The van der Waals surface area contributed by atoms with Crippen LogP contribution in [0.15, 0.2) is 28.9 Å². The van der Waals surface area contributed by atoms with E-state index in [9.17, 15) is 8.42 Å². The lowest BCUT2D eigenvalue weighted by Gasteiger charge is -2.10. The minimum absolute atomic E-state index is 0.130. The van der Waals surface area contributed by atoms with Crippen molar-refractivity contribution in [2.24, 2.45) is 5.73 Å². The molecule has 0 saturated heterocycles. The van der Waals surface area contributed by atoms with Crippen molar-refractivity contribution >= 4 is 48.9 Å². The van der Waals surface area contributed by atoms with Crippen molar-refractivity contribution in [3.8, 4) is 0 Å². The molecule has 4 N–H and O–H groups in total. The molecule has 3 aromatic rings. The molecular weight excluding hydrogens is 408 g/mol. The number of nitrogens with two attached hydrogens (primary N) is 1. The molecule has 0 spiro atoms. The molecule has 0 fully saturated rings. The molecule has 0 bridgehead atoms. The van der Waals surface area contributed by atoms with E-state index < -0.39 is 16.1 Å². The molecule has 0 aliphatic rings. The molecule has 146 valence electrons. The second-order valence-corrected chi connectivity index (χ2v) is 9.67. The Morgan fingerprint density at radius 1 is 1.44 bits per heavy atom. The Bertz CT molecular complexity index is 1030. The van der Waals surface area contributed by atoms with E-state index in [1.807, 2.05) is 19.1 Å². The van der Waals surface area contributed by atoms with Crippen molar-refractivity contribution in [3.05, 3.63) is 45.8 Å². The summed E-state index contributed by atoms with van der Waals surface area (Å²) in [4.78, 5) is 5.44. The Kier molecular flexibility index (Phi) is 6.07. The molecule has 27 heavy (non-hydrogen) atoms. The largest absolute Gasteiger partial charge is 0.467 e. The Morgan fingerprint density at radius 3 is 2.89 bits per heavy atom. The number of nitrogens with zero attached hydrogens (tertiary/aromatic N) is 1. The summed E-state index contributed by atoms with van der Waals surface area (Å²) in [5.41, 5.74) is 8.69. The van der Waals surface area contributed by atoms with Crippen LogP contribution in [-0.4, -0.2) is 32.2 Å². The third-order valence-corrected chi connectivity index (χ3v) is 7.18. The first kappa shape index (κ1) is 20.1. The molecule has 1 atom stereocenters. The number of sulfonamides is 1. The summed E-state index contributed by atoms with van der Waals surface area (Å²) in [6.45, 7) is 2.47. The monoisotopic (exact) mass is 428 g/mol. The zero-order chi connectivity index (χ0) is 19.6. The molecule has 0 amide bonds. The summed E-state index contributed by atoms with van der Waals surface area (Å²) in [7, 11) is -1.98. The second kappa shape index (κ2) is 8.15. The lowest BCUT2D eigenvalue weighted by atomic mass is 10.1. The summed E-state index contributed by atoms with van der Waals surface area (Å²) in [6.07, 6.45) is 2.07. The fourth-order valence-corrected chi connectivity index (χ4v) is 5.15. The van der Waals surface area contributed by atoms with Crippen LogP contribution in [0, 0.1) is 6.92 Å². The van der Waals surface area contributed by atoms with Gasteiger partial charge in [-0.1, -0.05) is 11.6 Å². The van der Waals surface area contributed by atoms with Gasteiger partial charge in [-0.3, -0.25) is 0 Å². The van der Waals surface area contributed by atoms with Gasteiger partial charge >= 0.3 is 0 Å². The molecule has 10 heteroatoms. The third-order valence-electron chi connectivity index (χ3n) is 4.17. The number of aryl methyl sites for hydroxylation is 1. The average Bonchev–Trinajstić information content (AvgIpc) is 3.22. The first-order valence-electron chi connectivity index (χ1n) is 8.30. The van der Waals surface area contributed by atoms with Gasteiger partial charge in [-0.05, 0) is 38.1 Å². The minimum Gasteiger partial charge on any atom is -0.467 e. The van der Waals surface area contributed by atoms with Gasteiger partial charge in [0.15, 0.2) is 0 Å². The van der Waals surface area contributed by atoms with Crippen LogP contribution in [0.4, 0.5) is 5.69 Å².